The molecule has 1 unspecified atom stereocenters. The van der Waals surface area contributed by atoms with Gasteiger partial charge >= 0.3 is 0 Å². The van der Waals surface area contributed by atoms with Gasteiger partial charge in [0, 0.05) is 19.1 Å². The Bertz CT molecular complexity index is 344. The van der Waals surface area contributed by atoms with Crippen molar-refractivity contribution in [1.82, 2.24) is 15.2 Å². The standard InChI is InChI=1S/C14H25N3S/c1-12(8-9-18-4)17(3)11-14-7-5-6-13(16-14)10-15-2/h5-7,12,15H,8-11H2,1-4H3. The summed E-state index contributed by atoms with van der Waals surface area (Å²) < 4.78 is 0. The maximum atomic E-state index is 4.66. The zero-order valence-electron chi connectivity index (χ0n) is 11.9. The molecule has 0 spiro atoms. The van der Waals surface area contributed by atoms with Crippen molar-refractivity contribution >= 4 is 11.8 Å². The number of nitrogens with one attached hydrogen (secondary N) is 1. The topological polar surface area (TPSA) is 28.2 Å². The number of thioether (sulfide) groups is 1. The van der Waals surface area contributed by atoms with Gasteiger partial charge < -0.3 is 5.32 Å². The second-order valence-electron chi connectivity index (χ2n) is 4.70. The highest BCUT2D eigenvalue weighted by atomic mass is 32.2. The number of nitrogens with zero attached hydrogens (tertiary/aromatic N) is 2. The average molecular weight is 267 g/mol. The van der Waals surface area contributed by atoms with Crippen LogP contribution in [0.25, 0.3) is 0 Å². The molecule has 4 heteroatoms. The highest BCUT2D eigenvalue weighted by Crippen LogP contribution is 2.10. The van der Waals surface area contributed by atoms with Gasteiger partial charge in [-0.2, -0.15) is 11.8 Å². The first-order valence-corrected chi connectivity index (χ1v) is 7.85. The van der Waals surface area contributed by atoms with Gasteiger partial charge in [-0.3, -0.25) is 9.88 Å². The Hall–Kier alpha value is -0.580. The number of pyridine rings is 1. The molecule has 1 aromatic rings. The molecule has 0 aliphatic heterocycles. The van der Waals surface area contributed by atoms with Crippen molar-refractivity contribution in [1.29, 1.82) is 0 Å². The zero-order valence-corrected chi connectivity index (χ0v) is 12.8. The van der Waals surface area contributed by atoms with Crippen LogP contribution in [0.4, 0.5) is 0 Å². The zero-order chi connectivity index (χ0) is 13.4. The van der Waals surface area contributed by atoms with E-state index in [1.807, 2.05) is 18.8 Å². The van der Waals surface area contributed by atoms with Crippen LogP contribution in [0.5, 0.6) is 0 Å². The van der Waals surface area contributed by atoms with Crippen molar-refractivity contribution in [2.75, 3.05) is 26.1 Å². The predicted molar refractivity (Wildman–Crippen MR) is 80.9 cm³/mol. The monoisotopic (exact) mass is 267 g/mol. The van der Waals surface area contributed by atoms with Gasteiger partial charge in [0.15, 0.2) is 0 Å². The van der Waals surface area contributed by atoms with Crippen molar-refractivity contribution in [3.05, 3.63) is 29.6 Å². The Kier molecular flexibility index (Phi) is 7.32. The number of hydrogen-bond acceptors (Lipinski definition) is 4. The second-order valence-corrected chi connectivity index (χ2v) is 5.68. The molecule has 1 rings (SSSR count). The molecule has 1 atom stereocenters. The Balaban J connectivity index is 2.52. The van der Waals surface area contributed by atoms with E-state index in [1.165, 1.54) is 12.2 Å². The summed E-state index contributed by atoms with van der Waals surface area (Å²) in [6.07, 6.45) is 3.39. The third-order valence-electron chi connectivity index (χ3n) is 3.13. The molecule has 0 bridgehead atoms. The molecule has 1 aromatic heterocycles. The van der Waals surface area contributed by atoms with E-state index in [4.69, 9.17) is 0 Å². The fourth-order valence-corrected chi connectivity index (χ4v) is 2.39. The highest BCUT2D eigenvalue weighted by Gasteiger charge is 2.10. The van der Waals surface area contributed by atoms with Gasteiger partial charge in [-0.1, -0.05) is 6.07 Å². The lowest BCUT2D eigenvalue weighted by molar-refractivity contribution is 0.242. The van der Waals surface area contributed by atoms with Gasteiger partial charge in [-0.25, -0.2) is 0 Å². The summed E-state index contributed by atoms with van der Waals surface area (Å²) in [7, 11) is 4.13. The summed E-state index contributed by atoms with van der Waals surface area (Å²) in [5, 5.41) is 3.14. The van der Waals surface area contributed by atoms with E-state index in [-0.39, 0.29) is 0 Å². The van der Waals surface area contributed by atoms with Gasteiger partial charge in [-0.05, 0) is 51.6 Å². The third kappa shape index (κ3) is 5.38. The van der Waals surface area contributed by atoms with Gasteiger partial charge in [0.05, 0.1) is 11.4 Å². The van der Waals surface area contributed by atoms with E-state index in [1.54, 1.807) is 0 Å². The normalized spacial score (nSPS) is 12.9. The number of rotatable bonds is 8. The van der Waals surface area contributed by atoms with Crippen LogP contribution in [0.1, 0.15) is 24.7 Å². The SMILES string of the molecule is CNCc1cccc(CN(C)C(C)CCSC)n1. The van der Waals surface area contributed by atoms with E-state index in [2.05, 4.69) is 53.6 Å². The fourth-order valence-electron chi connectivity index (χ4n) is 1.82. The maximum Gasteiger partial charge on any atom is 0.0547 e. The van der Waals surface area contributed by atoms with Gasteiger partial charge in [0.25, 0.3) is 0 Å². The van der Waals surface area contributed by atoms with Crippen molar-refractivity contribution in [3.63, 3.8) is 0 Å². The molecule has 0 aliphatic carbocycles. The smallest absolute Gasteiger partial charge is 0.0547 e. The molecule has 102 valence electrons. The van der Waals surface area contributed by atoms with Crippen LogP contribution in [0, 0.1) is 0 Å². The quantitative estimate of drug-likeness (QED) is 0.783. The van der Waals surface area contributed by atoms with Crippen LogP contribution >= 0.6 is 11.8 Å². The summed E-state index contributed by atoms with van der Waals surface area (Å²) in [6, 6.07) is 6.87. The van der Waals surface area contributed by atoms with Crippen LogP contribution in [0.2, 0.25) is 0 Å². The van der Waals surface area contributed by atoms with Crippen molar-refractivity contribution in [3.8, 4) is 0 Å². The predicted octanol–water partition coefficient (Wildman–Crippen LogP) is 2.37. The average Bonchev–Trinajstić information content (AvgIpc) is 2.36. The summed E-state index contributed by atoms with van der Waals surface area (Å²) in [4.78, 5) is 7.03. The van der Waals surface area contributed by atoms with E-state index in [0.717, 1.165) is 24.5 Å². The molecular weight excluding hydrogens is 242 g/mol. The van der Waals surface area contributed by atoms with Crippen LogP contribution in [-0.2, 0) is 13.1 Å². The lowest BCUT2D eigenvalue weighted by atomic mass is 10.2. The Morgan fingerprint density at radius 1 is 1.39 bits per heavy atom. The molecule has 18 heavy (non-hydrogen) atoms. The molecule has 0 aliphatic rings. The van der Waals surface area contributed by atoms with Gasteiger partial charge in [0.2, 0.25) is 0 Å². The molecular formula is C14H25N3S. The molecule has 1 N–H and O–H groups in total. The molecule has 0 saturated heterocycles. The Morgan fingerprint density at radius 2 is 2.11 bits per heavy atom. The van der Waals surface area contributed by atoms with Gasteiger partial charge in [-0.15, -0.1) is 0 Å². The van der Waals surface area contributed by atoms with Crippen LogP contribution in [0.3, 0.4) is 0 Å². The first-order chi connectivity index (χ1) is 8.67. The lowest BCUT2D eigenvalue weighted by Gasteiger charge is -2.24. The molecule has 0 saturated carbocycles. The third-order valence-corrected chi connectivity index (χ3v) is 3.77. The first kappa shape index (κ1) is 15.5. The summed E-state index contributed by atoms with van der Waals surface area (Å²) in [6.45, 7) is 4.04. The number of hydrogen-bond donors (Lipinski definition) is 1. The Morgan fingerprint density at radius 3 is 2.78 bits per heavy atom. The molecule has 0 amide bonds. The van der Waals surface area contributed by atoms with E-state index in [9.17, 15) is 0 Å². The largest absolute Gasteiger partial charge is 0.314 e. The maximum absolute atomic E-state index is 4.66. The molecule has 0 aromatic carbocycles. The van der Waals surface area contributed by atoms with Crippen LogP contribution in [-0.4, -0.2) is 42.0 Å². The van der Waals surface area contributed by atoms with Crippen LogP contribution in [0.15, 0.2) is 18.2 Å². The lowest BCUT2D eigenvalue weighted by Crippen LogP contribution is -2.29. The highest BCUT2D eigenvalue weighted by molar-refractivity contribution is 7.98. The number of aromatic nitrogens is 1. The van der Waals surface area contributed by atoms with Crippen molar-refractivity contribution in [2.24, 2.45) is 0 Å². The minimum atomic E-state index is 0.604. The Labute approximate surface area is 115 Å². The molecule has 3 nitrogen and oxygen atoms in total. The van der Waals surface area contributed by atoms with Crippen LogP contribution < -0.4 is 5.32 Å². The summed E-state index contributed by atoms with van der Waals surface area (Å²) in [5.41, 5.74) is 2.27. The van der Waals surface area contributed by atoms with E-state index in [0.29, 0.717) is 6.04 Å². The van der Waals surface area contributed by atoms with Gasteiger partial charge in [0.1, 0.15) is 0 Å². The molecule has 0 fully saturated rings. The summed E-state index contributed by atoms with van der Waals surface area (Å²) in [5.74, 6) is 1.22. The van der Waals surface area contributed by atoms with Crippen molar-refractivity contribution < 1.29 is 0 Å². The minimum absolute atomic E-state index is 0.604. The van der Waals surface area contributed by atoms with E-state index < -0.39 is 0 Å². The fraction of sp³-hybridized carbons (Fsp3) is 0.643. The molecule has 1 heterocycles. The second kappa shape index (κ2) is 8.51. The first-order valence-electron chi connectivity index (χ1n) is 6.46. The molecule has 0 radical (unpaired) electrons. The minimum Gasteiger partial charge on any atom is -0.314 e. The summed E-state index contributed by atoms with van der Waals surface area (Å²) >= 11 is 1.91. The van der Waals surface area contributed by atoms with E-state index >= 15 is 0 Å². The van der Waals surface area contributed by atoms with Crippen molar-refractivity contribution in [2.45, 2.75) is 32.5 Å².